The Morgan fingerprint density at radius 2 is 2.19 bits per heavy atom. The van der Waals surface area contributed by atoms with Crippen molar-refractivity contribution in [2.75, 3.05) is 0 Å². The van der Waals surface area contributed by atoms with Crippen LogP contribution in [0.3, 0.4) is 0 Å². The van der Waals surface area contributed by atoms with Crippen LogP contribution in [0.25, 0.3) is 0 Å². The summed E-state index contributed by atoms with van der Waals surface area (Å²) in [7, 11) is 0. The van der Waals surface area contributed by atoms with Gasteiger partial charge in [0.05, 0.1) is 5.02 Å². The standard InChI is InChI=1S/C12H8ClIOS/c13-10-6-8(3-4-11(10)14)12(15)7-9-2-1-5-16-9/h1-6H,7H2. The lowest BCUT2D eigenvalue weighted by Gasteiger charge is -2.01. The monoisotopic (exact) mass is 362 g/mol. The van der Waals surface area contributed by atoms with E-state index in [-0.39, 0.29) is 5.78 Å². The van der Waals surface area contributed by atoms with Gasteiger partial charge in [-0.1, -0.05) is 23.7 Å². The molecule has 0 amide bonds. The highest BCUT2D eigenvalue weighted by atomic mass is 127. The van der Waals surface area contributed by atoms with Gasteiger partial charge in [0.2, 0.25) is 0 Å². The maximum atomic E-state index is 11.9. The number of hydrogen-bond acceptors (Lipinski definition) is 2. The molecule has 1 aromatic heterocycles. The van der Waals surface area contributed by atoms with Gasteiger partial charge in [-0.3, -0.25) is 4.79 Å². The third-order valence-electron chi connectivity index (χ3n) is 2.16. The average Bonchev–Trinajstić information content (AvgIpc) is 2.74. The van der Waals surface area contributed by atoms with Crippen molar-refractivity contribution in [2.24, 2.45) is 0 Å². The number of Topliss-reactive ketones (excluding diaryl/α,β-unsaturated/α-hetero) is 1. The largest absolute Gasteiger partial charge is 0.294 e. The second-order valence-electron chi connectivity index (χ2n) is 3.31. The van der Waals surface area contributed by atoms with Gasteiger partial charge in [-0.05, 0) is 46.2 Å². The van der Waals surface area contributed by atoms with Crippen molar-refractivity contribution in [3.63, 3.8) is 0 Å². The molecule has 0 spiro atoms. The topological polar surface area (TPSA) is 17.1 Å². The van der Waals surface area contributed by atoms with Crippen LogP contribution >= 0.6 is 45.5 Å². The summed E-state index contributed by atoms with van der Waals surface area (Å²) in [5.41, 5.74) is 0.679. The van der Waals surface area contributed by atoms with Crippen LogP contribution in [0.15, 0.2) is 35.7 Å². The minimum absolute atomic E-state index is 0.112. The maximum absolute atomic E-state index is 11.9. The van der Waals surface area contributed by atoms with E-state index < -0.39 is 0 Å². The minimum Gasteiger partial charge on any atom is -0.294 e. The van der Waals surface area contributed by atoms with E-state index in [4.69, 9.17) is 11.6 Å². The third-order valence-corrected chi connectivity index (χ3v) is 4.61. The van der Waals surface area contributed by atoms with Gasteiger partial charge >= 0.3 is 0 Å². The van der Waals surface area contributed by atoms with Crippen molar-refractivity contribution >= 4 is 51.3 Å². The minimum atomic E-state index is 0.112. The first kappa shape index (κ1) is 12.1. The third kappa shape index (κ3) is 2.84. The molecule has 0 saturated heterocycles. The van der Waals surface area contributed by atoms with Crippen molar-refractivity contribution in [3.05, 3.63) is 54.7 Å². The summed E-state index contributed by atoms with van der Waals surface area (Å²) in [5.74, 6) is 0.112. The molecular formula is C12H8ClIOS. The Labute approximate surface area is 117 Å². The van der Waals surface area contributed by atoms with Crippen molar-refractivity contribution in [1.82, 2.24) is 0 Å². The van der Waals surface area contributed by atoms with Crippen LogP contribution in [0, 0.1) is 3.57 Å². The first-order valence-corrected chi connectivity index (χ1v) is 7.01. The Morgan fingerprint density at radius 3 is 2.81 bits per heavy atom. The number of carbonyl (C=O) groups excluding carboxylic acids is 1. The molecule has 1 heterocycles. The van der Waals surface area contributed by atoms with Crippen molar-refractivity contribution in [3.8, 4) is 0 Å². The molecule has 0 aliphatic rings. The molecule has 0 bridgehead atoms. The second kappa shape index (κ2) is 5.29. The summed E-state index contributed by atoms with van der Waals surface area (Å²) in [6.07, 6.45) is 0.453. The zero-order chi connectivity index (χ0) is 11.5. The van der Waals surface area contributed by atoms with Gasteiger partial charge in [0.25, 0.3) is 0 Å². The van der Waals surface area contributed by atoms with Gasteiger partial charge in [0, 0.05) is 20.4 Å². The molecule has 1 nitrogen and oxygen atoms in total. The predicted molar refractivity (Wildman–Crippen MR) is 76.5 cm³/mol. The molecule has 0 fully saturated rings. The molecule has 0 unspecified atom stereocenters. The number of benzene rings is 1. The fourth-order valence-corrected chi connectivity index (χ4v) is 2.56. The van der Waals surface area contributed by atoms with E-state index in [1.165, 1.54) is 0 Å². The summed E-state index contributed by atoms with van der Waals surface area (Å²) in [6.45, 7) is 0. The van der Waals surface area contributed by atoms with Gasteiger partial charge in [-0.25, -0.2) is 0 Å². The van der Waals surface area contributed by atoms with Crippen LogP contribution in [0.1, 0.15) is 15.2 Å². The van der Waals surface area contributed by atoms with Crippen LogP contribution in [0.2, 0.25) is 5.02 Å². The van der Waals surface area contributed by atoms with E-state index >= 15 is 0 Å². The Hall–Kier alpha value is -0.390. The fourth-order valence-electron chi connectivity index (χ4n) is 1.34. The van der Waals surface area contributed by atoms with Crippen LogP contribution in [0.4, 0.5) is 0 Å². The predicted octanol–water partition coefficient (Wildman–Crippen LogP) is 4.43. The van der Waals surface area contributed by atoms with Crippen LogP contribution in [-0.4, -0.2) is 5.78 Å². The summed E-state index contributed by atoms with van der Waals surface area (Å²) >= 11 is 9.73. The number of ketones is 1. The maximum Gasteiger partial charge on any atom is 0.168 e. The van der Waals surface area contributed by atoms with E-state index in [1.54, 1.807) is 17.4 Å². The number of hydrogen-bond donors (Lipinski definition) is 0. The van der Waals surface area contributed by atoms with Gasteiger partial charge in [-0.15, -0.1) is 11.3 Å². The number of rotatable bonds is 3. The van der Waals surface area contributed by atoms with E-state index in [2.05, 4.69) is 22.6 Å². The zero-order valence-electron chi connectivity index (χ0n) is 8.24. The summed E-state index contributed by atoms with van der Waals surface area (Å²) in [4.78, 5) is 13.0. The Morgan fingerprint density at radius 1 is 1.38 bits per heavy atom. The molecule has 0 saturated carbocycles. The molecule has 0 N–H and O–H groups in total. The van der Waals surface area contributed by atoms with Crippen LogP contribution in [-0.2, 0) is 6.42 Å². The highest BCUT2D eigenvalue weighted by Crippen LogP contribution is 2.21. The second-order valence-corrected chi connectivity index (χ2v) is 5.91. The molecule has 0 atom stereocenters. The molecule has 1 aromatic carbocycles. The number of halogens is 2. The van der Waals surface area contributed by atoms with Crippen molar-refractivity contribution < 1.29 is 4.79 Å². The molecule has 2 rings (SSSR count). The molecule has 16 heavy (non-hydrogen) atoms. The van der Waals surface area contributed by atoms with Gasteiger partial charge < -0.3 is 0 Å². The van der Waals surface area contributed by atoms with Gasteiger partial charge in [0.1, 0.15) is 0 Å². The zero-order valence-corrected chi connectivity index (χ0v) is 12.0. The molecular weight excluding hydrogens is 355 g/mol. The summed E-state index contributed by atoms with van der Waals surface area (Å²) < 4.78 is 0.965. The average molecular weight is 363 g/mol. The molecule has 0 radical (unpaired) electrons. The van der Waals surface area contributed by atoms with Crippen molar-refractivity contribution in [2.45, 2.75) is 6.42 Å². The van der Waals surface area contributed by atoms with E-state index in [0.29, 0.717) is 17.0 Å². The summed E-state index contributed by atoms with van der Waals surface area (Å²) in [5, 5.41) is 2.61. The van der Waals surface area contributed by atoms with E-state index in [9.17, 15) is 4.79 Å². The number of thiophene rings is 1. The van der Waals surface area contributed by atoms with Crippen LogP contribution < -0.4 is 0 Å². The molecule has 82 valence electrons. The SMILES string of the molecule is O=C(Cc1cccs1)c1ccc(I)c(Cl)c1. The van der Waals surface area contributed by atoms with Crippen molar-refractivity contribution in [1.29, 1.82) is 0 Å². The van der Waals surface area contributed by atoms with E-state index in [1.807, 2.05) is 29.6 Å². The number of carbonyl (C=O) groups is 1. The molecule has 2 aromatic rings. The Kier molecular flexibility index (Phi) is 4.00. The molecule has 0 aliphatic heterocycles. The Balaban J connectivity index is 2.18. The quantitative estimate of drug-likeness (QED) is 0.583. The lowest BCUT2D eigenvalue weighted by Crippen LogP contribution is -2.02. The van der Waals surface area contributed by atoms with Gasteiger partial charge in [-0.2, -0.15) is 0 Å². The van der Waals surface area contributed by atoms with Crippen LogP contribution in [0.5, 0.6) is 0 Å². The Bertz CT molecular complexity index is 508. The fraction of sp³-hybridized carbons (Fsp3) is 0.0833. The highest BCUT2D eigenvalue weighted by molar-refractivity contribution is 14.1. The first-order chi connectivity index (χ1) is 7.66. The highest BCUT2D eigenvalue weighted by Gasteiger charge is 2.09. The lowest BCUT2D eigenvalue weighted by molar-refractivity contribution is 0.0994. The summed E-state index contributed by atoms with van der Waals surface area (Å²) in [6, 6.07) is 9.35. The van der Waals surface area contributed by atoms with E-state index in [0.717, 1.165) is 8.45 Å². The first-order valence-electron chi connectivity index (χ1n) is 4.67. The molecule has 0 aliphatic carbocycles. The molecule has 4 heteroatoms. The normalized spacial score (nSPS) is 10.4. The smallest absolute Gasteiger partial charge is 0.168 e. The lowest BCUT2D eigenvalue weighted by atomic mass is 10.1. The van der Waals surface area contributed by atoms with Gasteiger partial charge in [0.15, 0.2) is 5.78 Å².